The molecule has 3 rings (SSSR count). The second-order valence-electron chi connectivity index (χ2n) is 5.67. The van der Waals surface area contributed by atoms with Gasteiger partial charge in [-0.2, -0.15) is 4.98 Å². The molecule has 26 heavy (non-hydrogen) atoms. The largest absolute Gasteiger partial charge is 0.504 e. The monoisotopic (exact) mass is 374 g/mol. The van der Waals surface area contributed by atoms with Crippen molar-refractivity contribution in [1.29, 1.82) is 0 Å². The number of hydrogen-bond donors (Lipinski definition) is 2. The van der Waals surface area contributed by atoms with Crippen molar-refractivity contribution in [3.05, 3.63) is 53.1 Å². The maximum absolute atomic E-state index is 12.0. The summed E-state index contributed by atoms with van der Waals surface area (Å²) < 4.78 is 5.12. The zero-order valence-corrected chi connectivity index (χ0v) is 15.4. The van der Waals surface area contributed by atoms with E-state index in [2.05, 4.69) is 15.0 Å². The summed E-state index contributed by atoms with van der Waals surface area (Å²) in [6.07, 6.45) is 1.68. The first-order valence-electron chi connectivity index (χ1n) is 7.60. The second-order valence-corrected chi connectivity index (χ2v) is 5.67. The number of phenols is 1. The van der Waals surface area contributed by atoms with Gasteiger partial charge in [-0.05, 0) is 36.4 Å². The van der Waals surface area contributed by atoms with Crippen LogP contribution in [0.15, 0.2) is 47.4 Å². The van der Waals surface area contributed by atoms with Crippen LogP contribution in [0, 0.1) is 0 Å². The predicted octanol–water partition coefficient (Wildman–Crippen LogP) is 2.70. The number of hydrogen-bond acceptors (Lipinski definition) is 6. The first-order chi connectivity index (χ1) is 12.0. The molecular formula is C18H19ClN4O3. The van der Waals surface area contributed by atoms with Gasteiger partial charge >= 0.3 is 5.69 Å². The summed E-state index contributed by atoms with van der Waals surface area (Å²) in [6, 6.07) is 10.4. The van der Waals surface area contributed by atoms with E-state index in [1.54, 1.807) is 24.4 Å². The SMILES string of the molecule is COc1cc(-c2cc(-c3ccc(N(C)C)nc3)nc(=O)[nH]2)ccc1O.Cl. The van der Waals surface area contributed by atoms with E-state index < -0.39 is 5.69 Å². The Kier molecular flexibility index (Phi) is 5.84. The van der Waals surface area contributed by atoms with Crippen LogP contribution in [0.3, 0.4) is 0 Å². The Labute approximate surface area is 156 Å². The number of methoxy groups -OCH3 is 1. The summed E-state index contributed by atoms with van der Waals surface area (Å²) in [5.74, 6) is 1.18. The van der Waals surface area contributed by atoms with Gasteiger partial charge in [0, 0.05) is 31.4 Å². The molecule has 0 saturated heterocycles. The Morgan fingerprint density at radius 3 is 2.46 bits per heavy atom. The molecule has 2 heterocycles. The molecule has 0 radical (unpaired) electrons. The topological polar surface area (TPSA) is 91.3 Å². The van der Waals surface area contributed by atoms with Crippen molar-refractivity contribution in [2.24, 2.45) is 0 Å². The summed E-state index contributed by atoms with van der Waals surface area (Å²) in [5, 5.41) is 9.72. The lowest BCUT2D eigenvalue weighted by atomic mass is 10.1. The number of anilines is 1. The molecule has 0 aliphatic heterocycles. The number of phenolic OH excluding ortho intramolecular Hbond substituents is 1. The number of nitrogens with zero attached hydrogens (tertiary/aromatic N) is 3. The molecule has 136 valence electrons. The molecule has 0 amide bonds. The first kappa shape index (κ1) is 19.3. The summed E-state index contributed by atoms with van der Waals surface area (Å²) in [4.78, 5) is 24.9. The minimum Gasteiger partial charge on any atom is -0.504 e. The van der Waals surface area contributed by atoms with Gasteiger partial charge in [0.15, 0.2) is 11.5 Å². The van der Waals surface area contributed by atoms with Crippen LogP contribution in [0.5, 0.6) is 11.5 Å². The van der Waals surface area contributed by atoms with Crippen LogP contribution < -0.4 is 15.3 Å². The molecule has 0 bridgehead atoms. The third-order valence-electron chi connectivity index (χ3n) is 3.74. The maximum atomic E-state index is 12.0. The summed E-state index contributed by atoms with van der Waals surface area (Å²) in [6.45, 7) is 0. The molecule has 0 aliphatic rings. The van der Waals surface area contributed by atoms with Crippen LogP contribution in [0.1, 0.15) is 0 Å². The van der Waals surface area contributed by atoms with Gasteiger partial charge in [-0.3, -0.25) is 0 Å². The third kappa shape index (κ3) is 3.94. The van der Waals surface area contributed by atoms with Crippen LogP contribution in [-0.4, -0.2) is 41.3 Å². The van der Waals surface area contributed by atoms with E-state index in [1.165, 1.54) is 13.2 Å². The van der Waals surface area contributed by atoms with E-state index in [4.69, 9.17) is 4.74 Å². The number of halogens is 1. The molecule has 2 aromatic heterocycles. The van der Waals surface area contributed by atoms with Crippen LogP contribution in [0.25, 0.3) is 22.5 Å². The Morgan fingerprint density at radius 1 is 1.12 bits per heavy atom. The number of aromatic nitrogens is 3. The Bertz CT molecular complexity index is 955. The number of nitrogens with one attached hydrogen (secondary N) is 1. The van der Waals surface area contributed by atoms with Crippen LogP contribution >= 0.6 is 12.4 Å². The van der Waals surface area contributed by atoms with Gasteiger partial charge < -0.3 is 19.7 Å². The zero-order chi connectivity index (χ0) is 18.0. The highest BCUT2D eigenvalue weighted by atomic mass is 35.5. The molecule has 3 aromatic rings. The van der Waals surface area contributed by atoms with Gasteiger partial charge in [0.2, 0.25) is 0 Å². The lowest BCUT2D eigenvalue weighted by Crippen LogP contribution is -2.12. The highest BCUT2D eigenvalue weighted by Gasteiger charge is 2.09. The van der Waals surface area contributed by atoms with Gasteiger partial charge in [0.05, 0.1) is 18.5 Å². The fourth-order valence-electron chi connectivity index (χ4n) is 2.41. The van der Waals surface area contributed by atoms with Crippen molar-refractivity contribution in [1.82, 2.24) is 15.0 Å². The highest BCUT2D eigenvalue weighted by molar-refractivity contribution is 5.85. The van der Waals surface area contributed by atoms with Crippen molar-refractivity contribution in [3.8, 4) is 34.0 Å². The first-order valence-corrected chi connectivity index (χ1v) is 7.60. The number of aromatic amines is 1. The molecule has 1 aromatic carbocycles. The van der Waals surface area contributed by atoms with Gasteiger partial charge in [-0.15, -0.1) is 12.4 Å². The van der Waals surface area contributed by atoms with Gasteiger partial charge in [-0.25, -0.2) is 9.78 Å². The third-order valence-corrected chi connectivity index (χ3v) is 3.74. The maximum Gasteiger partial charge on any atom is 0.345 e. The Morgan fingerprint density at radius 2 is 1.85 bits per heavy atom. The molecule has 0 unspecified atom stereocenters. The Hall–Kier alpha value is -3.06. The van der Waals surface area contributed by atoms with E-state index >= 15 is 0 Å². The van der Waals surface area contributed by atoms with Gasteiger partial charge in [0.1, 0.15) is 5.82 Å². The number of H-pyrrole nitrogens is 1. The van der Waals surface area contributed by atoms with E-state index in [0.29, 0.717) is 22.7 Å². The van der Waals surface area contributed by atoms with Crippen molar-refractivity contribution >= 4 is 18.2 Å². The number of ether oxygens (including phenoxy) is 1. The molecular weight excluding hydrogens is 356 g/mol. The molecule has 0 spiro atoms. The molecule has 2 N–H and O–H groups in total. The van der Waals surface area contributed by atoms with Crippen LogP contribution in [-0.2, 0) is 0 Å². The van der Waals surface area contributed by atoms with Crippen molar-refractivity contribution in [2.45, 2.75) is 0 Å². The van der Waals surface area contributed by atoms with E-state index in [0.717, 1.165) is 11.4 Å². The average molecular weight is 375 g/mol. The van der Waals surface area contributed by atoms with Crippen LogP contribution in [0.2, 0.25) is 0 Å². The Balaban J connectivity index is 0.00000243. The minimum atomic E-state index is -0.462. The van der Waals surface area contributed by atoms with Crippen LogP contribution in [0.4, 0.5) is 5.82 Å². The number of benzene rings is 1. The fraction of sp³-hybridized carbons (Fsp3) is 0.167. The molecule has 8 heteroatoms. The minimum absolute atomic E-state index is 0. The van der Waals surface area contributed by atoms with E-state index in [-0.39, 0.29) is 18.2 Å². The standard InChI is InChI=1S/C18H18N4O3.ClH/c1-22(2)17-7-5-12(10-19-17)14-9-13(20-18(24)21-14)11-4-6-15(23)16(8-11)25-3;/h4-10,23H,1-3H3,(H,20,21,24);1H. The summed E-state index contributed by atoms with van der Waals surface area (Å²) >= 11 is 0. The number of pyridine rings is 1. The summed E-state index contributed by atoms with van der Waals surface area (Å²) in [7, 11) is 5.28. The highest BCUT2D eigenvalue weighted by Crippen LogP contribution is 2.31. The summed E-state index contributed by atoms with van der Waals surface area (Å²) in [5.41, 5.74) is 2.07. The zero-order valence-electron chi connectivity index (χ0n) is 14.6. The predicted molar refractivity (Wildman–Crippen MR) is 103 cm³/mol. The lowest BCUT2D eigenvalue weighted by molar-refractivity contribution is 0.373. The molecule has 0 saturated carbocycles. The average Bonchev–Trinajstić information content (AvgIpc) is 2.61. The fourth-order valence-corrected chi connectivity index (χ4v) is 2.41. The second kappa shape index (κ2) is 7.88. The van der Waals surface area contributed by atoms with E-state index in [1.807, 2.05) is 31.1 Å². The van der Waals surface area contributed by atoms with Crippen molar-refractivity contribution in [3.63, 3.8) is 0 Å². The molecule has 0 aliphatic carbocycles. The smallest absolute Gasteiger partial charge is 0.345 e. The lowest BCUT2D eigenvalue weighted by Gasteiger charge is -2.11. The van der Waals surface area contributed by atoms with Crippen molar-refractivity contribution < 1.29 is 9.84 Å². The van der Waals surface area contributed by atoms with Gasteiger partial charge in [0.25, 0.3) is 0 Å². The quantitative estimate of drug-likeness (QED) is 0.729. The normalized spacial score (nSPS) is 10.1. The number of rotatable bonds is 4. The molecule has 0 atom stereocenters. The molecule has 0 fully saturated rings. The van der Waals surface area contributed by atoms with Crippen molar-refractivity contribution in [2.75, 3.05) is 26.1 Å². The van der Waals surface area contributed by atoms with E-state index in [9.17, 15) is 9.90 Å². The number of aromatic hydroxyl groups is 1. The molecule has 7 nitrogen and oxygen atoms in total. The van der Waals surface area contributed by atoms with Gasteiger partial charge in [-0.1, -0.05) is 0 Å².